The highest BCUT2D eigenvalue weighted by Gasteiger charge is 2.26. The molecule has 2 aromatic heterocycles. The first kappa shape index (κ1) is 15.1. The Labute approximate surface area is 132 Å². The van der Waals surface area contributed by atoms with Crippen molar-refractivity contribution in [1.82, 2.24) is 15.3 Å². The van der Waals surface area contributed by atoms with Gasteiger partial charge in [0, 0.05) is 16.2 Å². The van der Waals surface area contributed by atoms with E-state index in [4.69, 9.17) is 0 Å². The third-order valence-corrected chi connectivity index (χ3v) is 6.65. The lowest BCUT2D eigenvalue weighted by Crippen LogP contribution is -2.34. The molecule has 1 fully saturated rings. The second kappa shape index (κ2) is 6.10. The van der Waals surface area contributed by atoms with Crippen LogP contribution in [0, 0.1) is 13.8 Å². The highest BCUT2D eigenvalue weighted by Crippen LogP contribution is 2.29. The fourth-order valence-electron chi connectivity index (χ4n) is 3.05. The summed E-state index contributed by atoms with van der Waals surface area (Å²) < 4.78 is 0. The number of aromatic nitrogens is 2. The fraction of sp³-hybridized carbons (Fsp3) is 0.600. The molecule has 2 unspecified atom stereocenters. The van der Waals surface area contributed by atoms with Crippen molar-refractivity contribution in [2.24, 2.45) is 0 Å². The molecule has 1 aliphatic carbocycles. The van der Waals surface area contributed by atoms with Gasteiger partial charge in [0.05, 0.1) is 11.9 Å². The summed E-state index contributed by atoms with van der Waals surface area (Å²) in [4.78, 5) is 21.8. The van der Waals surface area contributed by atoms with E-state index in [1.807, 2.05) is 25.6 Å². The molecule has 114 valence electrons. The number of thioether (sulfide) groups is 1. The molecule has 2 atom stereocenters. The van der Waals surface area contributed by atoms with Gasteiger partial charge < -0.3 is 10.3 Å². The Kier molecular flexibility index (Phi) is 4.38. The smallest absolute Gasteiger partial charge is 0.259 e. The molecule has 1 aliphatic rings. The van der Waals surface area contributed by atoms with Crippen molar-refractivity contribution in [2.45, 2.75) is 50.9 Å². The van der Waals surface area contributed by atoms with Gasteiger partial charge in [-0.05, 0) is 38.5 Å². The van der Waals surface area contributed by atoms with Gasteiger partial charge >= 0.3 is 0 Å². The number of thiophene rings is 1. The maximum Gasteiger partial charge on any atom is 0.259 e. The van der Waals surface area contributed by atoms with Crippen molar-refractivity contribution in [1.29, 1.82) is 0 Å². The van der Waals surface area contributed by atoms with Crippen LogP contribution in [0.25, 0.3) is 10.2 Å². The summed E-state index contributed by atoms with van der Waals surface area (Å²) in [5.41, 5.74) is 1.05. The molecule has 0 aliphatic heterocycles. The molecule has 0 saturated heterocycles. The highest BCUT2D eigenvalue weighted by atomic mass is 32.2. The van der Waals surface area contributed by atoms with Crippen LogP contribution in [0.1, 0.15) is 35.5 Å². The second-order valence-electron chi connectivity index (χ2n) is 5.67. The molecule has 4 nitrogen and oxygen atoms in total. The topological polar surface area (TPSA) is 57.8 Å². The lowest BCUT2D eigenvalue weighted by molar-refractivity contribution is 0.521. The summed E-state index contributed by atoms with van der Waals surface area (Å²) in [6, 6.07) is 0.535. The number of nitrogens with zero attached hydrogens (tertiary/aromatic N) is 1. The number of H-pyrrole nitrogens is 1. The average Bonchev–Trinajstić information content (AvgIpc) is 3.02. The Balaban J connectivity index is 1.80. The minimum absolute atomic E-state index is 0.00788. The first-order chi connectivity index (χ1) is 10.1. The second-order valence-corrected chi connectivity index (χ2v) is 7.95. The van der Waals surface area contributed by atoms with Gasteiger partial charge in [0.2, 0.25) is 0 Å². The predicted molar refractivity (Wildman–Crippen MR) is 91.5 cm³/mol. The summed E-state index contributed by atoms with van der Waals surface area (Å²) in [5, 5.41) is 5.00. The van der Waals surface area contributed by atoms with Crippen molar-refractivity contribution >= 4 is 33.3 Å². The number of nitrogens with one attached hydrogen (secondary N) is 2. The van der Waals surface area contributed by atoms with Crippen molar-refractivity contribution in [2.75, 3.05) is 6.26 Å². The van der Waals surface area contributed by atoms with Crippen LogP contribution in [-0.4, -0.2) is 27.5 Å². The van der Waals surface area contributed by atoms with Crippen molar-refractivity contribution in [3.8, 4) is 0 Å². The average molecular weight is 323 g/mol. The molecule has 0 amide bonds. The highest BCUT2D eigenvalue weighted by molar-refractivity contribution is 7.99. The molecule has 2 aromatic rings. The van der Waals surface area contributed by atoms with E-state index in [9.17, 15) is 4.79 Å². The van der Waals surface area contributed by atoms with Gasteiger partial charge in [0.25, 0.3) is 5.56 Å². The van der Waals surface area contributed by atoms with Gasteiger partial charge in [-0.2, -0.15) is 11.8 Å². The van der Waals surface area contributed by atoms with Gasteiger partial charge in [0.1, 0.15) is 10.7 Å². The Hall–Kier alpha value is -0.850. The number of aryl methyl sites for hydroxylation is 2. The van der Waals surface area contributed by atoms with Gasteiger partial charge in [-0.15, -0.1) is 11.3 Å². The first-order valence-corrected chi connectivity index (χ1v) is 9.45. The Morgan fingerprint density at radius 2 is 2.24 bits per heavy atom. The lowest BCUT2D eigenvalue weighted by atomic mass is 10.2. The van der Waals surface area contributed by atoms with E-state index in [-0.39, 0.29) is 5.56 Å². The van der Waals surface area contributed by atoms with Gasteiger partial charge in [-0.25, -0.2) is 4.98 Å². The van der Waals surface area contributed by atoms with Crippen LogP contribution in [0.15, 0.2) is 4.79 Å². The molecule has 3 rings (SSSR count). The standard InChI is InChI=1S/C15H21N3OS2/c1-8-9(2)21-15-13(8)14(19)17-12(18-15)7-16-10-5-4-6-11(10)20-3/h10-11,16H,4-7H2,1-3H3,(H,17,18,19). The third-order valence-electron chi connectivity index (χ3n) is 4.38. The maximum absolute atomic E-state index is 12.2. The van der Waals surface area contributed by atoms with Crippen LogP contribution in [0.5, 0.6) is 0 Å². The van der Waals surface area contributed by atoms with Crippen LogP contribution in [0.3, 0.4) is 0 Å². The van der Waals surface area contributed by atoms with Crippen molar-refractivity contribution < 1.29 is 0 Å². The number of aromatic amines is 1. The zero-order valence-corrected chi connectivity index (χ0v) is 14.3. The maximum atomic E-state index is 12.2. The van der Waals surface area contributed by atoms with Crippen LogP contribution >= 0.6 is 23.1 Å². The molecule has 0 bridgehead atoms. The van der Waals surface area contributed by atoms with E-state index in [0.717, 1.165) is 21.6 Å². The largest absolute Gasteiger partial charge is 0.309 e. The van der Waals surface area contributed by atoms with Crippen molar-refractivity contribution in [3.05, 3.63) is 26.6 Å². The van der Waals surface area contributed by atoms with Crippen LogP contribution in [0.2, 0.25) is 0 Å². The first-order valence-electron chi connectivity index (χ1n) is 7.35. The SMILES string of the molecule is CSC1CCCC1NCc1nc2sc(C)c(C)c2c(=O)[nH]1. The van der Waals surface area contributed by atoms with Gasteiger partial charge in [-0.1, -0.05) is 6.42 Å². The molecular formula is C15H21N3OS2. The van der Waals surface area contributed by atoms with Crippen LogP contribution < -0.4 is 10.9 Å². The number of fused-ring (bicyclic) bond motifs is 1. The lowest BCUT2D eigenvalue weighted by Gasteiger charge is -2.18. The Morgan fingerprint density at radius 1 is 1.43 bits per heavy atom. The third kappa shape index (κ3) is 2.89. The van der Waals surface area contributed by atoms with Gasteiger partial charge in [0.15, 0.2) is 0 Å². The summed E-state index contributed by atoms with van der Waals surface area (Å²) in [5.74, 6) is 0.750. The Morgan fingerprint density at radius 3 is 3.00 bits per heavy atom. The summed E-state index contributed by atoms with van der Waals surface area (Å²) in [6.45, 7) is 4.67. The van der Waals surface area contributed by atoms with E-state index >= 15 is 0 Å². The zero-order chi connectivity index (χ0) is 15.0. The van der Waals surface area contributed by atoms with E-state index in [1.165, 1.54) is 24.1 Å². The molecule has 0 radical (unpaired) electrons. The predicted octanol–water partition coefficient (Wildman–Crippen LogP) is 2.98. The Bertz CT molecular complexity index is 707. The van der Waals surface area contributed by atoms with E-state index in [0.29, 0.717) is 17.8 Å². The summed E-state index contributed by atoms with van der Waals surface area (Å²) in [7, 11) is 0. The minimum Gasteiger partial charge on any atom is -0.309 e. The van der Waals surface area contributed by atoms with E-state index in [2.05, 4.69) is 21.5 Å². The van der Waals surface area contributed by atoms with Crippen molar-refractivity contribution in [3.63, 3.8) is 0 Å². The number of hydrogen-bond acceptors (Lipinski definition) is 5. The van der Waals surface area contributed by atoms with E-state index < -0.39 is 0 Å². The molecule has 0 spiro atoms. The summed E-state index contributed by atoms with van der Waals surface area (Å²) in [6.07, 6.45) is 5.96. The zero-order valence-electron chi connectivity index (χ0n) is 12.7. The molecule has 21 heavy (non-hydrogen) atoms. The monoisotopic (exact) mass is 323 g/mol. The van der Waals surface area contributed by atoms with E-state index in [1.54, 1.807) is 11.3 Å². The van der Waals surface area contributed by atoms with Crippen LogP contribution in [0.4, 0.5) is 0 Å². The molecular weight excluding hydrogens is 302 g/mol. The molecule has 0 aromatic carbocycles. The molecule has 2 heterocycles. The number of rotatable bonds is 4. The summed E-state index contributed by atoms with van der Waals surface area (Å²) >= 11 is 3.54. The normalized spacial score (nSPS) is 22.2. The molecule has 2 N–H and O–H groups in total. The van der Waals surface area contributed by atoms with Crippen LogP contribution in [-0.2, 0) is 6.54 Å². The quantitative estimate of drug-likeness (QED) is 0.908. The van der Waals surface area contributed by atoms with Gasteiger partial charge in [-0.3, -0.25) is 4.79 Å². The number of hydrogen-bond donors (Lipinski definition) is 2. The molecule has 6 heteroatoms. The molecule has 1 saturated carbocycles. The fourth-order valence-corrected chi connectivity index (χ4v) is 5.06. The minimum atomic E-state index is -0.00788.